The van der Waals surface area contributed by atoms with Gasteiger partial charge in [-0.3, -0.25) is 0 Å². The minimum atomic E-state index is -0.0737. The zero-order chi connectivity index (χ0) is 12.6. The first-order chi connectivity index (χ1) is 8.08. The van der Waals surface area contributed by atoms with Crippen molar-refractivity contribution in [2.24, 2.45) is 5.11 Å². The van der Waals surface area contributed by atoms with Crippen molar-refractivity contribution in [3.63, 3.8) is 0 Å². The summed E-state index contributed by atoms with van der Waals surface area (Å²) in [7, 11) is 5.43. The molecule has 0 unspecified atom stereocenters. The molecule has 0 heterocycles. The smallest absolute Gasteiger partial charge is 0.706 e. The molecule has 2 rings (SSSR count). The van der Waals surface area contributed by atoms with E-state index in [1.165, 1.54) is 0 Å². The van der Waals surface area contributed by atoms with Crippen LogP contribution in [0.25, 0.3) is 16.3 Å². The van der Waals surface area contributed by atoms with E-state index in [1.54, 1.807) is 6.92 Å². The molecule has 0 aliphatic heterocycles. The molecule has 2 aromatic rings. The fourth-order valence-corrected chi connectivity index (χ4v) is 2.04. The van der Waals surface area contributed by atoms with E-state index in [0.29, 0.717) is 16.6 Å². The van der Waals surface area contributed by atoms with E-state index in [0.717, 1.165) is 10.9 Å². The Hall–Kier alpha value is -0.931. The Bertz CT molecular complexity index is 616. The summed E-state index contributed by atoms with van der Waals surface area (Å²) in [6.45, 7) is 3.71. The number of rotatable bonds is 2. The van der Waals surface area contributed by atoms with E-state index in [2.05, 4.69) is 10.3 Å². The Labute approximate surface area is 132 Å². The molecule has 0 fully saturated rings. The second-order valence-electron chi connectivity index (χ2n) is 4.05. The van der Waals surface area contributed by atoms with Gasteiger partial charge in [0.25, 0.3) is 0 Å². The second kappa shape index (κ2) is 5.81. The summed E-state index contributed by atoms with van der Waals surface area (Å²) in [4.78, 5) is 0. The van der Waals surface area contributed by atoms with Gasteiger partial charge in [0, 0.05) is 11.1 Å². The molecule has 2 N–H and O–H groups in total. The minimum Gasteiger partial charge on any atom is -0.706 e. The van der Waals surface area contributed by atoms with Crippen LogP contribution >= 0.6 is 0 Å². The number of nitrogens with zero attached hydrogens (tertiary/aromatic N) is 2. The van der Waals surface area contributed by atoms with Crippen molar-refractivity contribution >= 4 is 30.1 Å². The van der Waals surface area contributed by atoms with Gasteiger partial charge < -0.3 is 21.0 Å². The van der Waals surface area contributed by atoms with E-state index in [1.807, 2.05) is 25.1 Å². The van der Waals surface area contributed by atoms with Crippen molar-refractivity contribution in [2.75, 3.05) is 5.23 Å². The number of aromatic hydroxyl groups is 1. The fourth-order valence-electron chi connectivity index (χ4n) is 2.04. The van der Waals surface area contributed by atoms with Crippen molar-refractivity contribution in [2.45, 2.75) is 13.8 Å². The monoisotopic (exact) mass is 313 g/mol. The average Bonchev–Trinajstić information content (AvgIpc) is 2.27. The zero-order valence-electron chi connectivity index (χ0n) is 10.2. The van der Waals surface area contributed by atoms with Crippen molar-refractivity contribution < 1.29 is 37.8 Å². The van der Waals surface area contributed by atoms with Gasteiger partial charge in [-0.15, -0.1) is 0 Å². The van der Waals surface area contributed by atoms with Gasteiger partial charge in [-0.05, 0) is 42.5 Å². The predicted octanol–water partition coefficient (Wildman–Crippen LogP) is 3.31. The number of benzene rings is 2. The van der Waals surface area contributed by atoms with Crippen LogP contribution in [-0.2, 0) is 32.7 Å². The predicted molar refractivity (Wildman–Crippen MR) is 69.9 cm³/mol. The van der Waals surface area contributed by atoms with Gasteiger partial charge in [-0.25, -0.2) is 0 Å². The second-order valence-corrected chi connectivity index (χ2v) is 4.05. The third-order valence-electron chi connectivity index (χ3n) is 2.78. The van der Waals surface area contributed by atoms with Crippen LogP contribution in [0.3, 0.4) is 0 Å². The number of hydrogen-bond acceptors (Lipinski definition) is 3. The quantitative estimate of drug-likeness (QED) is 0.660. The Morgan fingerprint density at radius 2 is 1.94 bits per heavy atom. The van der Waals surface area contributed by atoms with Crippen molar-refractivity contribution in [1.82, 2.24) is 0 Å². The molecule has 18 heavy (non-hydrogen) atoms. The number of anilines is 1. The molecule has 0 saturated carbocycles. The first-order valence-corrected chi connectivity index (χ1v) is 5.17. The molecule has 4 nitrogen and oxygen atoms in total. The molecule has 2 aromatic carbocycles. The molecule has 0 aliphatic carbocycles. The molecule has 0 atom stereocenters. The maximum Gasteiger partial charge on any atom is 3.00 e. The van der Waals surface area contributed by atoms with Gasteiger partial charge in [-0.2, -0.15) is 0 Å². The van der Waals surface area contributed by atoms with E-state index in [4.69, 9.17) is 13.5 Å². The summed E-state index contributed by atoms with van der Waals surface area (Å²) in [6, 6.07) is 5.60. The summed E-state index contributed by atoms with van der Waals surface area (Å²) in [5.74, 6) is -0.0737. The summed E-state index contributed by atoms with van der Waals surface area (Å²) in [6.07, 6.45) is 0. The summed E-state index contributed by atoms with van der Waals surface area (Å²) in [5.41, 5.74) is 11.4. The zero-order valence-corrected chi connectivity index (χ0v) is 13.1. The van der Waals surface area contributed by atoms with E-state index >= 15 is 0 Å². The number of nitrogens with one attached hydrogen (secondary N) is 1. The van der Waals surface area contributed by atoms with Crippen molar-refractivity contribution in [1.29, 1.82) is 0 Å². The molecule has 84 valence electrons. The number of phenols is 1. The fraction of sp³-hybridized carbons (Fsp3) is 0.167. The van der Waals surface area contributed by atoms with E-state index in [-0.39, 0.29) is 44.1 Å². The largest absolute Gasteiger partial charge is 3.00 e. The van der Waals surface area contributed by atoms with Crippen LogP contribution in [0.5, 0.6) is 5.75 Å². The molecule has 2 radical (unpaired) electrons. The van der Waals surface area contributed by atoms with E-state index < -0.39 is 0 Å². The normalized spacial score (nSPS) is 9.89. The Morgan fingerprint density at radius 1 is 1.28 bits per heavy atom. The Balaban J connectivity index is 0.00000162. The molecular formula is C12H11BN3OY+2. The van der Waals surface area contributed by atoms with Crippen LogP contribution in [0.15, 0.2) is 23.3 Å². The summed E-state index contributed by atoms with van der Waals surface area (Å²) < 4.78 is 0. The topological polar surface area (TPSA) is 66.9 Å². The average molecular weight is 313 g/mol. The van der Waals surface area contributed by atoms with Crippen LogP contribution in [0.4, 0.5) is 11.4 Å². The van der Waals surface area contributed by atoms with Crippen LogP contribution in [0.1, 0.15) is 11.1 Å². The molecule has 6 heteroatoms. The van der Waals surface area contributed by atoms with Gasteiger partial charge >= 0.3 is 32.7 Å². The number of hydrogen-bond donors (Lipinski definition) is 2. The molecule has 0 aliphatic rings. The van der Waals surface area contributed by atoms with Crippen LogP contribution in [-0.4, -0.2) is 13.1 Å². The van der Waals surface area contributed by atoms with Crippen molar-refractivity contribution in [3.8, 4) is 5.75 Å². The third kappa shape index (κ3) is 2.43. The van der Waals surface area contributed by atoms with Crippen molar-refractivity contribution in [3.05, 3.63) is 34.9 Å². The maximum atomic E-state index is 10.1. The van der Waals surface area contributed by atoms with E-state index in [9.17, 15) is 5.11 Å². The summed E-state index contributed by atoms with van der Waals surface area (Å²) in [5, 5.41) is 17.1. The molecule has 0 amide bonds. The minimum absolute atomic E-state index is 0. The van der Waals surface area contributed by atoms with Gasteiger partial charge in [-0.1, -0.05) is 6.07 Å². The number of phenolic OH excluding ortho intramolecular Hbond substituents is 1. The standard InChI is InChI=1S/C12H11BN3O.Y/c1-6-3-8-5-7(2)11(16-14)12(17)10(8)9(4-6)15-13;/h3-5,15,17H,1-2H3;/q-1;+3. The molecule has 0 bridgehead atoms. The van der Waals surface area contributed by atoms with Crippen LogP contribution in [0, 0.1) is 13.8 Å². The SMILES string of the molecule is [B]Nc1cc(C)cc2cc(C)c(N=[N-])c(O)c12.[Y+3]. The summed E-state index contributed by atoms with van der Waals surface area (Å²) >= 11 is 0. The number of aryl methyl sites for hydroxylation is 2. The van der Waals surface area contributed by atoms with Crippen LogP contribution < -0.4 is 5.23 Å². The Morgan fingerprint density at radius 3 is 2.50 bits per heavy atom. The molecule has 0 spiro atoms. The van der Waals surface area contributed by atoms with Crippen LogP contribution in [0.2, 0.25) is 0 Å². The van der Waals surface area contributed by atoms with Gasteiger partial charge in [0.15, 0.2) is 0 Å². The molecule has 0 aromatic heterocycles. The molecule has 0 saturated heterocycles. The Kier molecular flexibility index (Phi) is 4.88. The first-order valence-electron chi connectivity index (χ1n) is 5.17. The maximum absolute atomic E-state index is 10.1. The molecular weight excluding hydrogens is 302 g/mol. The van der Waals surface area contributed by atoms with Gasteiger partial charge in [0.1, 0.15) is 5.75 Å². The van der Waals surface area contributed by atoms with Gasteiger partial charge in [0.05, 0.1) is 5.69 Å². The first kappa shape index (κ1) is 15.1. The number of fused-ring (bicyclic) bond motifs is 1. The third-order valence-corrected chi connectivity index (χ3v) is 2.78. The van der Waals surface area contributed by atoms with Gasteiger partial charge in [0.2, 0.25) is 7.98 Å².